The molecule has 0 bridgehead atoms. The molecule has 1 unspecified atom stereocenters. The van der Waals surface area contributed by atoms with Gasteiger partial charge in [0.2, 0.25) is 5.91 Å². The first-order valence-corrected chi connectivity index (χ1v) is 5.75. The smallest absolute Gasteiger partial charge is 0.222 e. The van der Waals surface area contributed by atoms with Crippen molar-refractivity contribution in [2.45, 2.75) is 39.0 Å². The molecular weight excluding hydrogens is 176 g/mol. The summed E-state index contributed by atoms with van der Waals surface area (Å²) < 4.78 is 0. The van der Waals surface area contributed by atoms with E-state index < -0.39 is 0 Å². The maximum atomic E-state index is 11.7. The Labute approximate surface area is 86.6 Å². The van der Waals surface area contributed by atoms with E-state index in [0.29, 0.717) is 12.5 Å². The molecule has 0 aromatic heterocycles. The monoisotopic (exact) mass is 198 g/mol. The molecule has 0 aliphatic carbocycles. The average molecular weight is 198 g/mol. The molecule has 1 amide bonds. The largest absolute Gasteiger partial charge is 0.343 e. The van der Waals surface area contributed by atoms with Crippen molar-refractivity contribution in [3.8, 4) is 0 Å². The molecule has 0 spiro atoms. The molecule has 0 saturated carbocycles. The van der Waals surface area contributed by atoms with Gasteiger partial charge in [0, 0.05) is 19.5 Å². The van der Waals surface area contributed by atoms with Crippen molar-refractivity contribution in [3.63, 3.8) is 0 Å². The molecule has 14 heavy (non-hydrogen) atoms. The second-order valence-corrected chi connectivity index (χ2v) is 4.12. The van der Waals surface area contributed by atoms with Crippen LogP contribution in [0.1, 0.15) is 39.0 Å². The highest BCUT2D eigenvalue weighted by Gasteiger charge is 2.20. The van der Waals surface area contributed by atoms with E-state index in [1.807, 2.05) is 4.90 Å². The summed E-state index contributed by atoms with van der Waals surface area (Å²) >= 11 is 0. The van der Waals surface area contributed by atoms with Crippen LogP contribution in [0.2, 0.25) is 0 Å². The molecule has 0 aromatic carbocycles. The van der Waals surface area contributed by atoms with E-state index >= 15 is 0 Å². The summed E-state index contributed by atoms with van der Waals surface area (Å²) in [5.41, 5.74) is 5.45. The molecule has 0 radical (unpaired) electrons. The summed E-state index contributed by atoms with van der Waals surface area (Å²) in [6.07, 6.45) is 5.13. The number of hydrogen-bond acceptors (Lipinski definition) is 2. The quantitative estimate of drug-likeness (QED) is 0.741. The minimum Gasteiger partial charge on any atom is -0.343 e. The van der Waals surface area contributed by atoms with Crippen LogP contribution in [0.25, 0.3) is 0 Å². The van der Waals surface area contributed by atoms with Crippen LogP contribution in [0, 0.1) is 5.92 Å². The summed E-state index contributed by atoms with van der Waals surface area (Å²) in [5.74, 6) is 1.08. The Kier molecular flexibility index (Phi) is 4.94. The van der Waals surface area contributed by atoms with Crippen LogP contribution in [-0.2, 0) is 4.79 Å². The van der Waals surface area contributed by atoms with Crippen LogP contribution in [0.4, 0.5) is 0 Å². The van der Waals surface area contributed by atoms with Gasteiger partial charge in [0.15, 0.2) is 0 Å². The summed E-state index contributed by atoms with van der Waals surface area (Å²) in [6.45, 7) is 4.69. The lowest BCUT2D eigenvalue weighted by Crippen LogP contribution is -2.32. The molecule has 1 atom stereocenters. The number of hydrogen-bond donors (Lipinski definition) is 1. The molecule has 1 aliphatic rings. The van der Waals surface area contributed by atoms with Crippen molar-refractivity contribution in [3.05, 3.63) is 0 Å². The Morgan fingerprint density at radius 3 is 2.93 bits per heavy atom. The lowest BCUT2D eigenvalue weighted by molar-refractivity contribution is -0.130. The Balaban J connectivity index is 2.39. The van der Waals surface area contributed by atoms with Gasteiger partial charge in [0.25, 0.3) is 0 Å². The predicted octanol–water partition coefficient (Wildman–Crippen LogP) is 1.37. The number of likely N-dealkylation sites (tertiary alicyclic amines) is 1. The lowest BCUT2D eigenvalue weighted by Gasteiger charge is -2.20. The van der Waals surface area contributed by atoms with Gasteiger partial charge in [-0.2, -0.15) is 0 Å². The normalized spacial score (nSPS) is 23.7. The standard InChI is InChI=1S/C11H22N2O/c1-2-10-4-5-11(14)13(9-6-10)8-3-7-12/h10H,2-9,12H2,1H3. The Bertz CT molecular complexity index is 182. The summed E-state index contributed by atoms with van der Waals surface area (Å²) in [4.78, 5) is 13.7. The maximum absolute atomic E-state index is 11.7. The first-order chi connectivity index (χ1) is 6.77. The van der Waals surface area contributed by atoms with Crippen LogP contribution < -0.4 is 5.73 Å². The van der Waals surface area contributed by atoms with E-state index in [0.717, 1.165) is 38.3 Å². The first-order valence-electron chi connectivity index (χ1n) is 5.75. The van der Waals surface area contributed by atoms with E-state index in [9.17, 15) is 4.79 Å². The van der Waals surface area contributed by atoms with Crippen LogP contribution in [0.15, 0.2) is 0 Å². The van der Waals surface area contributed by atoms with Crippen molar-refractivity contribution >= 4 is 5.91 Å². The fraction of sp³-hybridized carbons (Fsp3) is 0.909. The minimum absolute atomic E-state index is 0.328. The van der Waals surface area contributed by atoms with Gasteiger partial charge in [-0.3, -0.25) is 4.79 Å². The number of carbonyl (C=O) groups excluding carboxylic acids is 1. The molecule has 1 heterocycles. The Hall–Kier alpha value is -0.570. The second-order valence-electron chi connectivity index (χ2n) is 4.12. The third kappa shape index (κ3) is 3.29. The molecule has 82 valence electrons. The zero-order valence-corrected chi connectivity index (χ0v) is 9.17. The van der Waals surface area contributed by atoms with Gasteiger partial charge in [0.05, 0.1) is 0 Å². The van der Waals surface area contributed by atoms with Gasteiger partial charge < -0.3 is 10.6 Å². The number of amides is 1. The number of nitrogens with zero attached hydrogens (tertiary/aromatic N) is 1. The average Bonchev–Trinajstić information content (AvgIpc) is 2.38. The van der Waals surface area contributed by atoms with Crippen LogP contribution in [-0.4, -0.2) is 30.4 Å². The summed E-state index contributed by atoms with van der Waals surface area (Å²) in [6, 6.07) is 0. The number of nitrogens with two attached hydrogens (primary N) is 1. The predicted molar refractivity (Wildman–Crippen MR) is 57.9 cm³/mol. The van der Waals surface area contributed by atoms with Gasteiger partial charge in [-0.1, -0.05) is 13.3 Å². The third-order valence-electron chi connectivity index (χ3n) is 3.14. The molecule has 1 fully saturated rings. The summed E-state index contributed by atoms with van der Waals surface area (Å²) in [5, 5.41) is 0. The van der Waals surface area contributed by atoms with E-state index in [2.05, 4.69) is 6.92 Å². The molecule has 1 rings (SSSR count). The van der Waals surface area contributed by atoms with E-state index in [4.69, 9.17) is 5.73 Å². The fourth-order valence-electron chi connectivity index (χ4n) is 2.02. The molecule has 1 aliphatic heterocycles. The van der Waals surface area contributed by atoms with Crippen LogP contribution >= 0.6 is 0 Å². The molecule has 2 N–H and O–H groups in total. The number of rotatable bonds is 4. The van der Waals surface area contributed by atoms with Crippen molar-refractivity contribution in [2.24, 2.45) is 11.7 Å². The van der Waals surface area contributed by atoms with Gasteiger partial charge in [-0.05, 0) is 31.7 Å². The minimum atomic E-state index is 0.328. The maximum Gasteiger partial charge on any atom is 0.222 e. The molecule has 3 heteroatoms. The second kappa shape index (κ2) is 6.02. The van der Waals surface area contributed by atoms with E-state index in [1.54, 1.807) is 0 Å². The molecule has 0 aromatic rings. The van der Waals surface area contributed by atoms with Crippen molar-refractivity contribution < 1.29 is 4.79 Å². The molecule has 1 saturated heterocycles. The van der Waals surface area contributed by atoms with Gasteiger partial charge >= 0.3 is 0 Å². The van der Waals surface area contributed by atoms with Crippen molar-refractivity contribution in [1.29, 1.82) is 0 Å². The SMILES string of the molecule is CCC1CCC(=O)N(CCCN)CC1. The molecule has 3 nitrogen and oxygen atoms in total. The highest BCUT2D eigenvalue weighted by Crippen LogP contribution is 2.20. The van der Waals surface area contributed by atoms with Crippen LogP contribution in [0.3, 0.4) is 0 Å². The van der Waals surface area contributed by atoms with E-state index in [1.165, 1.54) is 12.8 Å². The summed E-state index contributed by atoms with van der Waals surface area (Å²) in [7, 11) is 0. The highest BCUT2D eigenvalue weighted by molar-refractivity contribution is 5.76. The highest BCUT2D eigenvalue weighted by atomic mass is 16.2. The van der Waals surface area contributed by atoms with Gasteiger partial charge in [0.1, 0.15) is 0 Å². The van der Waals surface area contributed by atoms with Crippen LogP contribution in [0.5, 0.6) is 0 Å². The zero-order valence-electron chi connectivity index (χ0n) is 9.17. The third-order valence-corrected chi connectivity index (χ3v) is 3.14. The lowest BCUT2D eigenvalue weighted by atomic mass is 9.98. The van der Waals surface area contributed by atoms with Gasteiger partial charge in [-0.25, -0.2) is 0 Å². The Morgan fingerprint density at radius 1 is 1.50 bits per heavy atom. The topological polar surface area (TPSA) is 46.3 Å². The number of carbonyl (C=O) groups is 1. The van der Waals surface area contributed by atoms with Crippen molar-refractivity contribution in [1.82, 2.24) is 4.90 Å². The van der Waals surface area contributed by atoms with Gasteiger partial charge in [-0.15, -0.1) is 0 Å². The van der Waals surface area contributed by atoms with Crippen molar-refractivity contribution in [2.75, 3.05) is 19.6 Å². The van der Waals surface area contributed by atoms with E-state index in [-0.39, 0.29) is 0 Å². The Morgan fingerprint density at radius 2 is 2.29 bits per heavy atom. The first kappa shape index (κ1) is 11.5. The zero-order chi connectivity index (χ0) is 10.4. The fourth-order valence-corrected chi connectivity index (χ4v) is 2.02. The molecular formula is C11H22N2O.